The summed E-state index contributed by atoms with van der Waals surface area (Å²) in [6.07, 6.45) is -11.9. The number of carboxylic acid groups (broad SMARTS) is 1. The van der Waals surface area contributed by atoms with Gasteiger partial charge in [0.25, 0.3) is 0 Å². The Bertz CT molecular complexity index is 1390. The fourth-order valence-corrected chi connectivity index (χ4v) is 4.42. The molecule has 0 saturated heterocycles. The standard InChI is InChI=1S/C23H20F25NO6/c1-7(52)55-11(9(6-51)49(2,3)4-10(53)54)8(5-50)12(24,25)13(26,27)14(28,29)15(30,31)16(32,33)17(34,35)18(36,37)19(38,39)20(40,41)21(42,43)22(44,45)23(46,47)48/h8-9,11,50-51H,4-6H2,1-3H3. The van der Waals surface area contributed by atoms with Crippen molar-refractivity contribution >= 4 is 11.9 Å². The number of carboxylic acids is 1. The highest BCUT2D eigenvalue weighted by Gasteiger charge is 2.99. The predicted octanol–water partition coefficient (Wildman–Crippen LogP) is 5.26. The number of alkyl halides is 25. The minimum atomic E-state index is -9.79. The lowest BCUT2D eigenvalue weighted by Gasteiger charge is -2.47. The number of likely N-dealkylation sites (N-methyl/N-ethyl adjacent to an activating group) is 1. The molecule has 0 bridgehead atoms. The maximum Gasteiger partial charge on any atom is 0.460 e. The molecule has 0 radical (unpaired) electrons. The molecule has 7 nitrogen and oxygen atoms in total. The van der Waals surface area contributed by atoms with E-state index in [1.54, 1.807) is 0 Å². The van der Waals surface area contributed by atoms with Crippen LogP contribution in [-0.4, -0.2) is 144 Å². The van der Waals surface area contributed by atoms with E-state index in [0.29, 0.717) is 14.1 Å². The third-order valence-electron chi connectivity index (χ3n) is 7.69. The molecule has 3 unspecified atom stereocenters. The molecule has 328 valence electrons. The SMILES string of the molecule is CC(=O)OC(C(CO)C(F)(F)C(F)(F)C(F)(F)C(F)(F)C(F)(F)C(F)(F)C(F)(F)C(F)(F)C(F)(F)C(F)(F)C(F)(F)C(F)(F)F)C(CO)[N+](C)(C)CC(=O)[O-]. The summed E-state index contributed by atoms with van der Waals surface area (Å²) < 4.78 is 349. The predicted molar refractivity (Wildman–Crippen MR) is 119 cm³/mol. The van der Waals surface area contributed by atoms with Gasteiger partial charge in [0.1, 0.15) is 6.54 Å². The molecule has 0 aliphatic heterocycles. The molecule has 0 aromatic rings. The van der Waals surface area contributed by atoms with E-state index in [0.717, 1.165) is 0 Å². The van der Waals surface area contributed by atoms with E-state index >= 15 is 8.78 Å². The van der Waals surface area contributed by atoms with Gasteiger partial charge in [-0.15, -0.1) is 0 Å². The van der Waals surface area contributed by atoms with Crippen LogP contribution >= 0.6 is 0 Å². The van der Waals surface area contributed by atoms with Crippen molar-refractivity contribution in [3.63, 3.8) is 0 Å². The molecule has 32 heteroatoms. The Kier molecular flexibility index (Phi) is 13.7. The highest BCUT2D eigenvalue weighted by Crippen LogP contribution is 2.68. The van der Waals surface area contributed by atoms with Gasteiger partial charge in [0.05, 0.1) is 39.2 Å². The van der Waals surface area contributed by atoms with Gasteiger partial charge in [-0.1, -0.05) is 0 Å². The number of aliphatic hydroxyl groups excluding tert-OH is 2. The quantitative estimate of drug-likeness (QED) is 0.104. The van der Waals surface area contributed by atoms with Gasteiger partial charge in [0.15, 0.2) is 12.1 Å². The molecular weight excluding hydrogens is 861 g/mol. The zero-order valence-electron chi connectivity index (χ0n) is 26.3. The number of quaternary nitrogens is 1. The number of halogens is 25. The number of nitrogens with zero attached hydrogens (tertiary/aromatic N) is 1. The first-order valence-electron chi connectivity index (χ1n) is 13.3. The first kappa shape index (κ1) is 52.1. The molecule has 0 aliphatic carbocycles. The van der Waals surface area contributed by atoms with Crippen LogP contribution in [0, 0.1) is 5.92 Å². The first-order valence-corrected chi connectivity index (χ1v) is 13.3. The van der Waals surface area contributed by atoms with E-state index in [4.69, 9.17) is 0 Å². The number of carbonyl (C=O) groups excluding carboxylic acids is 2. The molecule has 0 spiro atoms. The summed E-state index contributed by atoms with van der Waals surface area (Å²) in [5.41, 5.74) is 0. The van der Waals surface area contributed by atoms with E-state index in [9.17, 15) is 126 Å². The maximum atomic E-state index is 15.2. The summed E-state index contributed by atoms with van der Waals surface area (Å²) in [6.45, 7) is -6.42. The van der Waals surface area contributed by atoms with E-state index in [2.05, 4.69) is 4.74 Å². The fourth-order valence-electron chi connectivity index (χ4n) is 4.42. The third kappa shape index (κ3) is 7.38. The van der Waals surface area contributed by atoms with Gasteiger partial charge in [0.2, 0.25) is 0 Å². The van der Waals surface area contributed by atoms with E-state index in [-0.39, 0.29) is 6.92 Å². The van der Waals surface area contributed by atoms with Gasteiger partial charge in [0, 0.05) is 6.92 Å². The molecular formula is C23H20F25NO6. The van der Waals surface area contributed by atoms with Crippen molar-refractivity contribution in [1.82, 2.24) is 0 Å². The van der Waals surface area contributed by atoms with Crippen molar-refractivity contribution in [1.29, 1.82) is 0 Å². The maximum absolute atomic E-state index is 15.2. The molecule has 0 amide bonds. The van der Waals surface area contributed by atoms with Crippen molar-refractivity contribution < 1.29 is 144 Å². The molecule has 0 aliphatic rings. The molecule has 3 atom stereocenters. The van der Waals surface area contributed by atoms with Crippen LogP contribution in [0.1, 0.15) is 6.92 Å². The highest BCUT2D eigenvalue weighted by molar-refractivity contribution is 5.66. The molecule has 0 saturated carbocycles. The molecule has 0 aromatic heterocycles. The van der Waals surface area contributed by atoms with Crippen LogP contribution in [-0.2, 0) is 14.3 Å². The molecule has 55 heavy (non-hydrogen) atoms. The normalized spacial score (nSPS) is 17.5. The molecule has 0 rings (SSSR count). The number of hydrogen-bond donors (Lipinski definition) is 2. The molecule has 0 heterocycles. The zero-order chi connectivity index (χ0) is 45.2. The highest BCUT2D eigenvalue weighted by atomic mass is 19.4. The van der Waals surface area contributed by atoms with Crippen LogP contribution in [0.5, 0.6) is 0 Å². The Morgan fingerprint density at radius 3 is 1.02 bits per heavy atom. The van der Waals surface area contributed by atoms with Crippen molar-refractivity contribution in [2.45, 2.75) is 90.4 Å². The summed E-state index contributed by atoms with van der Waals surface area (Å²) in [6, 6.07) is -2.77. The summed E-state index contributed by atoms with van der Waals surface area (Å²) in [5.74, 6) is -110. The first-order chi connectivity index (χ1) is 23.6. The Morgan fingerprint density at radius 2 is 0.800 bits per heavy atom. The van der Waals surface area contributed by atoms with Gasteiger partial charge in [-0.2, -0.15) is 110 Å². The largest absolute Gasteiger partial charge is 0.544 e. The van der Waals surface area contributed by atoms with Crippen LogP contribution < -0.4 is 5.11 Å². The number of hydrogen-bond acceptors (Lipinski definition) is 6. The minimum absolute atomic E-state index is 0.107. The lowest BCUT2D eigenvalue weighted by molar-refractivity contribution is -0.914. The van der Waals surface area contributed by atoms with Crippen molar-refractivity contribution in [2.24, 2.45) is 5.92 Å². The van der Waals surface area contributed by atoms with E-state index < -0.39 is 126 Å². The number of rotatable bonds is 19. The number of ether oxygens (including phenoxy) is 1. The van der Waals surface area contributed by atoms with Gasteiger partial charge < -0.3 is 29.3 Å². The second-order valence-electron chi connectivity index (χ2n) is 11.8. The number of aliphatic carboxylic acids is 1. The van der Waals surface area contributed by atoms with Crippen LogP contribution in [0.15, 0.2) is 0 Å². The Labute approximate surface area is 287 Å². The topological polar surface area (TPSA) is 107 Å². The van der Waals surface area contributed by atoms with E-state index in [1.807, 2.05) is 0 Å². The van der Waals surface area contributed by atoms with Crippen LogP contribution in [0.2, 0.25) is 0 Å². The Balaban J connectivity index is 7.76. The second-order valence-corrected chi connectivity index (χ2v) is 11.8. The Hall–Kier alpha value is -2.93. The zero-order valence-corrected chi connectivity index (χ0v) is 26.3. The summed E-state index contributed by atoms with van der Waals surface area (Å²) in [5, 5.41) is 29.9. The summed E-state index contributed by atoms with van der Waals surface area (Å²) >= 11 is 0. The molecule has 0 aromatic carbocycles. The number of esters is 1. The lowest BCUT2D eigenvalue weighted by atomic mass is 9.80. The average Bonchev–Trinajstić information content (AvgIpc) is 2.94. The van der Waals surface area contributed by atoms with Gasteiger partial charge >= 0.3 is 77.3 Å². The van der Waals surface area contributed by atoms with Crippen molar-refractivity contribution in [2.75, 3.05) is 33.9 Å². The summed E-state index contributed by atoms with van der Waals surface area (Å²) in [4.78, 5) is 22.5. The average molecular weight is 881 g/mol. The fraction of sp³-hybridized carbons (Fsp3) is 0.913. The monoisotopic (exact) mass is 881 g/mol. The smallest absolute Gasteiger partial charge is 0.460 e. The number of carbonyl (C=O) groups is 2. The molecule has 0 fully saturated rings. The molecule has 2 N–H and O–H groups in total. The van der Waals surface area contributed by atoms with Crippen LogP contribution in [0.4, 0.5) is 110 Å². The van der Waals surface area contributed by atoms with Gasteiger partial charge in [-0.3, -0.25) is 4.79 Å². The second kappa shape index (κ2) is 14.5. The van der Waals surface area contributed by atoms with Gasteiger partial charge in [-0.25, -0.2) is 0 Å². The minimum Gasteiger partial charge on any atom is -0.544 e. The van der Waals surface area contributed by atoms with Gasteiger partial charge in [-0.05, 0) is 0 Å². The number of aliphatic hydroxyl groups is 2. The van der Waals surface area contributed by atoms with Crippen LogP contribution in [0.3, 0.4) is 0 Å². The van der Waals surface area contributed by atoms with Crippen LogP contribution in [0.25, 0.3) is 0 Å². The van der Waals surface area contributed by atoms with E-state index in [1.165, 1.54) is 0 Å². The lowest BCUT2D eigenvalue weighted by Crippen LogP contribution is -2.78. The Morgan fingerprint density at radius 1 is 0.527 bits per heavy atom. The summed E-state index contributed by atoms with van der Waals surface area (Å²) in [7, 11) is 0.950. The third-order valence-corrected chi connectivity index (χ3v) is 7.69. The van der Waals surface area contributed by atoms with Crippen molar-refractivity contribution in [3.8, 4) is 0 Å². The van der Waals surface area contributed by atoms with Crippen molar-refractivity contribution in [3.05, 3.63) is 0 Å².